The predicted molar refractivity (Wildman–Crippen MR) is 86.3 cm³/mol. The van der Waals surface area contributed by atoms with Gasteiger partial charge in [0.15, 0.2) is 0 Å². The van der Waals surface area contributed by atoms with Crippen LogP contribution in [-0.4, -0.2) is 28.6 Å². The van der Waals surface area contributed by atoms with Crippen LogP contribution < -0.4 is 11.3 Å². The fourth-order valence-corrected chi connectivity index (χ4v) is 4.17. The van der Waals surface area contributed by atoms with Crippen LogP contribution in [0, 0.1) is 5.92 Å². The zero-order valence-electron chi connectivity index (χ0n) is 12.8. The quantitative estimate of drug-likeness (QED) is 0.926. The van der Waals surface area contributed by atoms with Crippen molar-refractivity contribution in [3.63, 3.8) is 0 Å². The van der Waals surface area contributed by atoms with Gasteiger partial charge in [0.1, 0.15) is 0 Å². The summed E-state index contributed by atoms with van der Waals surface area (Å²) in [4.78, 5) is 14.5. The van der Waals surface area contributed by atoms with E-state index in [0.717, 1.165) is 31.5 Å². The molecule has 0 unspecified atom stereocenters. The predicted octanol–water partition coefficient (Wildman–Crippen LogP) is 2.48. The number of anilines is 1. The number of nitrogens with zero attached hydrogens (tertiary/aromatic N) is 2. The van der Waals surface area contributed by atoms with Crippen LogP contribution in [-0.2, 0) is 6.54 Å². The molecule has 0 aromatic carbocycles. The molecule has 1 aliphatic heterocycles. The van der Waals surface area contributed by atoms with Gasteiger partial charge in [-0.25, -0.2) is 0 Å². The van der Waals surface area contributed by atoms with E-state index in [1.54, 1.807) is 22.9 Å². The SMILES string of the molecule is Nc1ccc(=O)n(CCCN2CCC[C@H]3CCCC[C@H]32)c1. The molecule has 1 aliphatic carbocycles. The van der Waals surface area contributed by atoms with Gasteiger partial charge in [0, 0.05) is 37.1 Å². The summed E-state index contributed by atoms with van der Waals surface area (Å²) < 4.78 is 1.75. The van der Waals surface area contributed by atoms with Gasteiger partial charge >= 0.3 is 0 Å². The number of likely N-dealkylation sites (tertiary alicyclic amines) is 1. The number of aryl methyl sites for hydroxylation is 1. The lowest BCUT2D eigenvalue weighted by molar-refractivity contribution is 0.0591. The lowest BCUT2D eigenvalue weighted by Crippen LogP contribution is -2.47. The molecular formula is C17H27N3O. The highest BCUT2D eigenvalue weighted by Crippen LogP contribution is 2.35. The molecule has 0 radical (unpaired) electrons. The molecule has 116 valence electrons. The lowest BCUT2D eigenvalue weighted by Gasteiger charge is -2.44. The molecule has 1 saturated carbocycles. The van der Waals surface area contributed by atoms with Crippen molar-refractivity contribution in [1.82, 2.24) is 9.47 Å². The molecule has 2 aliphatic rings. The van der Waals surface area contributed by atoms with Crippen molar-refractivity contribution in [3.05, 3.63) is 28.7 Å². The highest BCUT2D eigenvalue weighted by molar-refractivity contribution is 5.33. The van der Waals surface area contributed by atoms with Gasteiger partial charge in [-0.1, -0.05) is 12.8 Å². The van der Waals surface area contributed by atoms with E-state index < -0.39 is 0 Å². The smallest absolute Gasteiger partial charge is 0.250 e. The number of hydrogen-bond donors (Lipinski definition) is 1. The molecule has 0 bridgehead atoms. The third-order valence-electron chi connectivity index (χ3n) is 5.21. The van der Waals surface area contributed by atoms with Crippen LogP contribution in [0.25, 0.3) is 0 Å². The zero-order valence-corrected chi connectivity index (χ0v) is 12.8. The van der Waals surface area contributed by atoms with Gasteiger partial charge in [-0.05, 0) is 50.6 Å². The zero-order chi connectivity index (χ0) is 14.7. The first-order chi connectivity index (χ1) is 10.2. The van der Waals surface area contributed by atoms with Gasteiger partial charge in [0.05, 0.1) is 0 Å². The average Bonchev–Trinajstić information content (AvgIpc) is 2.51. The summed E-state index contributed by atoms with van der Waals surface area (Å²) in [5.74, 6) is 0.933. The number of rotatable bonds is 4. The molecule has 2 fully saturated rings. The van der Waals surface area contributed by atoms with E-state index in [2.05, 4.69) is 4.90 Å². The van der Waals surface area contributed by atoms with Crippen LogP contribution in [0.1, 0.15) is 44.9 Å². The molecule has 1 saturated heterocycles. The second-order valence-corrected chi connectivity index (χ2v) is 6.64. The van der Waals surface area contributed by atoms with E-state index in [0.29, 0.717) is 5.69 Å². The summed E-state index contributed by atoms with van der Waals surface area (Å²) >= 11 is 0. The first-order valence-electron chi connectivity index (χ1n) is 8.44. The number of fused-ring (bicyclic) bond motifs is 1. The van der Waals surface area contributed by atoms with E-state index in [4.69, 9.17) is 5.73 Å². The van der Waals surface area contributed by atoms with Crippen molar-refractivity contribution < 1.29 is 0 Å². The van der Waals surface area contributed by atoms with E-state index in [9.17, 15) is 4.79 Å². The van der Waals surface area contributed by atoms with Crippen molar-refractivity contribution in [1.29, 1.82) is 0 Å². The Kier molecular flexibility index (Phi) is 4.63. The minimum absolute atomic E-state index is 0.0541. The standard InChI is InChI=1S/C17H27N3O/c18-15-8-9-17(21)20(13-15)12-4-11-19-10-3-6-14-5-1-2-7-16(14)19/h8-9,13-14,16H,1-7,10-12,18H2/t14-,16-/m1/s1. The van der Waals surface area contributed by atoms with E-state index in [1.807, 2.05) is 0 Å². The Labute approximate surface area is 126 Å². The number of piperidine rings is 1. The van der Waals surface area contributed by atoms with Crippen LogP contribution in [0.2, 0.25) is 0 Å². The number of pyridine rings is 1. The molecule has 0 spiro atoms. The van der Waals surface area contributed by atoms with Crippen LogP contribution in [0.5, 0.6) is 0 Å². The largest absolute Gasteiger partial charge is 0.398 e. The minimum Gasteiger partial charge on any atom is -0.398 e. The summed E-state index contributed by atoms with van der Waals surface area (Å²) in [6.45, 7) is 3.13. The molecule has 2 atom stereocenters. The van der Waals surface area contributed by atoms with Crippen molar-refractivity contribution in [2.45, 2.75) is 57.5 Å². The fraction of sp³-hybridized carbons (Fsp3) is 0.706. The maximum absolute atomic E-state index is 11.8. The van der Waals surface area contributed by atoms with Crippen LogP contribution in [0.3, 0.4) is 0 Å². The summed E-state index contributed by atoms with van der Waals surface area (Å²) in [6, 6.07) is 4.05. The van der Waals surface area contributed by atoms with E-state index >= 15 is 0 Å². The Morgan fingerprint density at radius 2 is 1.90 bits per heavy atom. The Morgan fingerprint density at radius 3 is 2.81 bits per heavy atom. The molecular weight excluding hydrogens is 262 g/mol. The first-order valence-corrected chi connectivity index (χ1v) is 8.44. The van der Waals surface area contributed by atoms with Crippen molar-refractivity contribution in [2.24, 2.45) is 5.92 Å². The van der Waals surface area contributed by atoms with Gasteiger partial charge in [0.25, 0.3) is 5.56 Å². The third-order valence-corrected chi connectivity index (χ3v) is 5.21. The topological polar surface area (TPSA) is 51.3 Å². The first kappa shape index (κ1) is 14.6. The second-order valence-electron chi connectivity index (χ2n) is 6.64. The normalized spacial score (nSPS) is 26.5. The molecule has 2 heterocycles. The van der Waals surface area contributed by atoms with Crippen molar-refractivity contribution in [2.75, 3.05) is 18.8 Å². The maximum Gasteiger partial charge on any atom is 0.250 e. The summed E-state index contributed by atoms with van der Waals surface area (Å²) in [5, 5.41) is 0. The van der Waals surface area contributed by atoms with Gasteiger partial charge < -0.3 is 15.2 Å². The second kappa shape index (κ2) is 6.65. The molecule has 21 heavy (non-hydrogen) atoms. The Bertz CT molecular complexity index is 523. The fourth-order valence-electron chi connectivity index (χ4n) is 4.17. The summed E-state index contributed by atoms with van der Waals surface area (Å²) in [5.41, 5.74) is 6.48. The number of hydrogen-bond acceptors (Lipinski definition) is 3. The van der Waals surface area contributed by atoms with Gasteiger partial charge in [-0.2, -0.15) is 0 Å². The average molecular weight is 289 g/mol. The highest BCUT2D eigenvalue weighted by atomic mass is 16.1. The molecule has 1 aromatic heterocycles. The number of nitrogen functional groups attached to an aromatic ring is 1. The van der Waals surface area contributed by atoms with Crippen molar-refractivity contribution >= 4 is 5.69 Å². The van der Waals surface area contributed by atoms with Crippen LogP contribution in [0.15, 0.2) is 23.1 Å². The van der Waals surface area contributed by atoms with Gasteiger partial charge in [0.2, 0.25) is 0 Å². The summed E-state index contributed by atoms with van der Waals surface area (Å²) in [6.07, 6.45) is 11.2. The molecule has 3 rings (SSSR count). The third kappa shape index (κ3) is 3.49. The molecule has 2 N–H and O–H groups in total. The minimum atomic E-state index is 0.0541. The highest BCUT2D eigenvalue weighted by Gasteiger charge is 2.32. The van der Waals surface area contributed by atoms with E-state index in [-0.39, 0.29) is 5.56 Å². The Hall–Kier alpha value is -1.29. The van der Waals surface area contributed by atoms with Gasteiger partial charge in [-0.3, -0.25) is 4.79 Å². The Morgan fingerprint density at radius 1 is 1.10 bits per heavy atom. The molecule has 1 aromatic rings. The molecule has 4 heteroatoms. The Balaban J connectivity index is 1.54. The van der Waals surface area contributed by atoms with Crippen LogP contribution in [0.4, 0.5) is 5.69 Å². The number of aromatic nitrogens is 1. The van der Waals surface area contributed by atoms with Gasteiger partial charge in [-0.15, -0.1) is 0 Å². The monoisotopic (exact) mass is 289 g/mol. The maximum atomic E-state index is 11.8. The lowest BCUT2D eigenvalue weighted by atomic mass is 9.78. The summed E-state index contributed by atoms with van der Waals surface area (Å²) in [7, 11) is 0. The molecule has 4 nitrogen and oxygen atoms in total. The van der Waals surface area contributed by atoms with Crippen molar-refractivity contribution in [3.8, 4) is 0 Å². The molecule has 0 amide bonds. The van der Waals surface area contributed by atoms with Crippen LogP contribution >= 0.6 is 0 Å². The number of nitrogens with two attached hydrogens (primary N) is 1. The van der Waals surface area contributed by atoms with E-state index in [1.165, 1.54) is 45.1 Å².